The van der Waals surface area contributed by atoms with Crippen LogP contribution in [0.2, 0.25) is 0 Å². The van der Waals surface area contributed by atoms with Crippen LogP contribution in [0.4, 0.5) is 10.2 Å². The Hall–Kier alpha value is -2.74. The van der Waals surface area contributed by atoms with Crippen molar-refractivity contribution in [2.45, 2.75) is 79.6 Å². The molecule has 1 aromatic heterocycles. The molecule has 5 atom stereocenters. The SMILES string of the molecule is C.[C-]#[N+]CCOP(OC[C@H]1O[C@@H](n2cc(C)c(NC(=O)c3ccccc3)nc2=O)[C@@H](F)[C@@H]1C)N(C(C)C)C(C)C. The van der Waals surface area contributed by atoms with E-state index in [4.69, 9.17) is 20.4 Å². The molecule has 1 fully saturated rings. The Morgan fingerprint density at radius 3 is 2.50 bits per heavy atom. The second-order valence-corrected chi connectivity index (χ2v) is 11.4. The topological polar surface area (TPSA) is 99.3 Å². The van der Waals surface area contributed by atoms with Gasteiger partial charge in [-0.2, -0.15) is 4.98 Å². The van der Waals surface area contributed by atoms with Gasteiger partial charge in [0.15, 0.2) is 12.4 Å². The molecule has 0 spiro atoms. The van der Waals surface area contributed by atoms with E-state index in [1.807, 2.05) is 27.7 Å². The largest absolute Gasteiger partial charge is 0.351 e. The van der Waals surface area contributed by atoms with E-state index in [1.54, 1.807) is 44.2 Å². The van der Waals surface area contributed by atoms with Gasteiger partial charge in [0.05, 0.1) is 12.7 Å². The van der Waals surface area contributed by atoms with Crippen molar-refractivity contribution in [3.63, 3.8) is 0 Å². The molecular formula is C28H41FN5O5P. The van der Waals surface area contributed by atoms with E-state index in [-0.39, 0.29) is 45.1 Å². The van der Waals surface area contributed by atoms with Crippen LogP contribution in [0.1, 0.15) is 64.2 Å². The van der Waals surface area contributed by atoms with Crippen molar-refractivity contribution in [3.05, 3.63) is 69.6 Å². The Kier molecular flexibility index (Phi) is 12.8. The third kappa shape index (κ3) is 8.15. The van der Waals surface area contributed by atoms with Gasteiger partial charge < -0.3 is 23.9 Å². The zero-order chi connectivity index (χ0) is 28.7. The maximum atomic E-state index is 15.4. The Bertz CT molecular complexity index is 1200. The highest BCUT2D eigenvalue weighted by molar-refractivity contribution is 7.44. The zero-order valence-corrected chi connectivity index (χ0v) is 24.1. The lowest BCUT2D eigenvalue weighted by Gasteiger charge is -2.35. The summed E-state index contributed by atoms with van der Waals surface area (Å²) in [5, 5.41) is 2.64. The quantitative estimate of drug-likeness (QED) is 0.199. The molecule has 1 aromatic carbocycles. The van der Waals surface area contributed by atoms with Crippen molar-refractivity contribution < 1.29 is 23.0 Å². The summed E-state index contributed by atoms with van der Waals surface area (Å²) in [6.45, 7) is 19.0. The lowest BCUT2D eigenvalue weighted by molar-refractivity contribution is -0.0398. The summed E-state index contributed by atoms with van der Waals surface area (Å²) >= 11 is 0. The first kappa shape index (κ1) is 33.5. The summed E-state index contributed by atoms with van der Waals surface area (Å²) in [4.78, 5) is 32.7. The molecule has 1 saturated heterocycles. The predicted molar refractivity (Wildman–Crippen MR) is 155 cm³/mol. The fourth-order valence-electron chi connectivity index (χ4n) is 4.34. The van der Waals surface area contributed by atoms with Crippen molar-refractivity contribution in [1.29, 1.82) is 0 Å². The number of anilines is 1. The summed E-state index contributed by atoms with van der Waals surface area (Å²) in [5.74, 6) is -0.857. The van der Waals surface area contributed by atoms with Gasteiger partial charge in [0.2, 0.25) is 6.54 Å². The third-order valence-electron chi connectivity index (χ3n) is 6.35. The minimum absolute atomic E-state index is 0. The van der Waals surface area contributed by atoms with E-state index in [0.717, 1.165) is 4.57 Å². The van der Waals surface area contributed by atoms with Crippen LogP contribution in [-0.2, 0) is 13.8 Å². The average Bonchev–Trinajstić information content (AvgIpc) is 3.17. The number of aryl methyl sites for hydroxylation is 1. The molecule has 12 heteroatoms. The maximum Gasteiger partial charge on any atom is 0.351 e. The van der Waals surface area contributed by atoms with Gasteiger partial charge in [-0.05, 0) is 46.8 Å². The first-order chi connectivity index (χ1) is 18.5. The number of rotatable bonds is 12. The van der Waals surface area contributed by atoms with Crippen LogP contribution in [0.25, 0.3) is 4.85 Å². The van der Waals surface area contributed by atoms with Gasteiger partial charge in [0, 0.05) is 35.3 Å². The van der Waals surface area contributed by atoms with E-state index >= 15 is 4.39 Å². The fourth-order valence-corrected chi connectivity index (χ4v) is 5.95. The molecule has 1 aliphatic rings. The number of amides is 1. The summed E-state index contributed by atoms with van der Waals surface area (Å²) < 4.78 is 36.7. The number of hydrogen-bond acceptors (Lipinski definition) is 7. The number of ether oxygens (including phenoxy) is 1. The van der Waals surface area contributed by atoms with Crippen LogP contribution in [0.5, 0.6) is 0 Å². The van der Waals surface area contributed by atoms with Crippen molar-refractivity contribution in [2.75, 3.05) is 25.1 Å². The minimum atomic E-state index is -1.51. The standard InChI is InChI=1S/C27H37FN5O5P.CH4/c1-17(2)33(18(3)4)39(36-14-13-29-7)37-16-22-20(6)23(28)26(38-22)32-15-19(5)24(31-27(32)35)30-25(34)21-11-9-8-10-12-21;/h8-12,15,17-18,20,22-23,26H,13-14,16H2,1-6H3,(H,30,31,34,35);1H4/t20-,22-,23+,26-,39?;/m1./s1. The van der Waals surface area contributed by atoms with E-state index < -0.39 is 44.5 Å². The molecule has 1 unspecified atom stereocenters. The highest BCUT2D eigenvalue weighted by atomic mass is 31.2. The monoisotopic (exact) mass is 577 g/mol. The summed E-state index contributed by atoms with van der Waals surface area (Å²) in [5.41, 5.74) is 0.179. The van der Waals surface area contributed by atoms with E-state index in [9.17, 15) is 9.59 Å². The van der Waals surface area contributed by atoms with E-state index in [0.29, 0.717) is 11.1 Å². The Morgan fingerprint density at radius 1 is 1.25 bits per heavy atom. The molecule has 10 nitrogen and oxygen atoms in total. The molecule has 3 rings (SSSR count). The number of hydrogen-bond donors (Lipinski definition) is 1. The van der Waals surface area contributed by atoms with Crippen LogP contribution >= 0.6 is 8.53 Å². The van der Waals surface area contributed by atoms with Gasteiger partial charge in [0.1, 0.15) is 12.4 Å². The minimum Gasteiger partial charge on any atom is -0.349 e. The highest BCUT2D eigenvalue weighted by Crippen LogP contribution is 2.47. The molecule has 220 valence electrons. The first-order valence-electron chi connectivity index (χ1n) is 13.0. The second-order valence-electron chi connectivity index (χ2n) is 9.97. The van der Waals surface area contributed by atoms with Gasteiger partial charge in [-0.15, -0.1) is 0 Å². The number of benzene rings is 1. The average molecular weight is 578 g/mol. The number of alkyl halides is 1. The number of aromatic nitrogens is 2. The molecule has 1 amide bonds. The second kappa shape index (κ2) is 15.3. The van der Waals surface area contributed by atoms with Crippen LogP contribution in [0, 0.1) is 19.4 Å². The van der Waals surface area contributed by atoms with Gasteiger partial charge in [-0.25, -0.2) is 20.4 Å². The van der Waals surface area contributed by atoms with Crippen LogP contribution in [0.15, 0.2) is 41.3 Å². The van der Waals surface area contributed by atoms with Gasteiger partial charge in [-0.1, -0.05) is 32.5 Å². The van der Waals surface area contributed by atoms with Gasteiger partial charge in [-0.3, -0.25) is 9.36 Å². The fraction of sp³-hybridized carbons (Fsp3) is 0.571. The van der Waals surface area contributed by atoms with Crippen molar-refractivity contribution in [2.24, 2.45) is 5.92 Å². The molecule has 2 heterocycles. The molecule has 0 bridgehead atoms. The summed E-state index contributed by atoms with van der Waals surface area (Å²) in [6.07, 6.45) is -1.86. The van der Waals surface area contributed by atoms with Crippen LogP contribution < -0.4 is 11.0 Å². The third-order valence-corrected chi connectivity index (χ3v) is 8.43. The normalized spacial score (nSPS) is 21.3. The number of carbonyl (C=O) groups excluding carboxylic acids is 1. The Morgan fingerprint density at radius 2 is 1.90 bits per heavy atom. The number of nitrogens with zero attached hydrogens (tertiary/aromatic N) is 4. The molecule has 0 radical (unpaired) electrons. The highest BCUT2D eigenvalue weighted by Gasteiger charge is 2.45. The first-order valence-corrected chi connectivity index (χ1v) is 14.1. The number of nitrogens with one attached hydrogen (secondary N) is 1. The zero-order valence-electron chi connectivity index (χ0n) is 23.2. The van der Waals surface area contributed by atoms with E-state index in [2.05, 4.69) is 19.8 Å². The van der Waals surface area contributed by atoms with Gasteiger partial charge >= 0.3 is 5.69 Å². The molecule has 1 aliphatic heterocycles. The number of halogens is 1. The lowest BCUT2D eigenvalue weighted by atomic mass is 10.0. The molecular weight excluding hydrogens is 536 g/mol. The van der Waals surface area contributed by atoms with E-state index in [1.165, 1.54) is 6.20 Å². The lowest BCUT2D eigenvalue weighted by Crippen LogP contribution is -2.35. The van der Waals surface area contributed by atoms with Crippen LogP contribution in [0.3, 0.4) is 0 Å². The predicted octanol–water partition coefficient (Wildman–Crippen LogP) is 5.61. The summed E-state index contributed by atoms with van der Waals surface area (Å²) in [7, 11) is -1.51. The van der Waals surface area contributed by atoms with Crippen molar-refractivity contribution in [3.8, 4) is 0 Å². The van der Waals surface area contributed by atoms with Crippen molar-refractivity contribution in [1.82, 2.24) is 14.2 Å². The molecule has 0 saturated carbocycles. The van der Waals surface area contributed by atoms with Crippen LogP contribution in [-0.4, -0.2) is 64.2 Å². The molecule has 1 N–H and O–H groups in total. The molecule has 2 aromatic rings. The van der Waals surface area contributed by atoms with Crippen molar-refractivity contribution >= 4 is 20.3 Å². The Labute approximate surface area is 237 Å². The number of carbonyl (C=O) groups is 1. The van der Waals surface area contributed by atoms with Gasteiger partial charge in [0.25, 0.3) is 14.4 Å². The smallest absolute Gasteiger partial charge is 0.349 e. The maximum absolute atomic E-state index is 15.4. The summed E-state index contributed by atoms with van der Waals surface area (Å²) in [6, 6.07) is 8.82. The Balaban J connectivity index is 0.00000560. The molecule has 0 aliphatic carbocycles. The molecule has 40 heavy (non-hydrogen) atoms.